The molecule has 2 amide bonds. The number of nitrogens with zero attached hydrogens (tertiary/aromatic N) is 2. The van der Waals surface area contributed by atoms with E-state index in [1.54, 1.807) is 11.2 Å². The van der Waals surface area contributed by atoms with Gasteiger partial charge in [0.25, 0.3) is 0 Å². The monoisotopic (exact) mass is 334 g/mol. The Morgan fingerprint density at radius 1 is 1.17 bits per heavy atom. The Labute approximate surface area is 142 Å². The molecule has 0 unspecified atom stereocenters. The molecule has 24 heavy (non-hydrogen) atoms. The molecule has 2 aliphatic rings. The van der Waals surface area contributed by atoms with Crippen LogP contribution in [0.25, 0.3) is 0 Å². The van der Waals surface area contributed by atoms with E-state index in [0.29, 0.717) is 26.1 Å². The molecule has 2 aliphatic heterocycles. The fraction of sp³-hybridized carbons (Fsp3) is 0.667. The highest BCUT2D eigenvalue weighted by Crippen LogP contribution is 2.30. The van der Waals surface area contributed by atoms with E-state index < -0.39 is 5.60 Å². The summed E-state index contributed by atoms with van der Waals surface area (Å²) in [5.41, 5.74) is -0.510. The maximum atomic E-state index is 12.7. The Morgan fingerprint density at radius 2 is 1.92 bits per heavy atom. The maximum Gasteiger partial charge on any atom is 0.410 e. The first-order valence-electron chi connectivity index (χ1n) is 8.63. The number of hydrogen-bond donors (Lipinski definition) is 0. The van der Waals surface area contributed by atoms with Crippen molar-refractivity contribution in [2.75, 3.05) is 26.2 Å². The molecule has 0 bridgehead atoms. The lowest BCUT2D eigenvalue weighted by Gasteiger charge is -2.25. The van der Waals surface area contributed by atoms with Gasteiger partial charge in [-0.3, -0.25) is 4.79 Å². The summed E-state index contributed by atoms with van der Waals surface area (Å²) in [6, 6.07) is 3.86. The summed E-state index contributed by atoms with van der Waals surface area (Å²) in [5.74, 6) is 1.27. The molecule has 0 spiro atoms. The maximum absolute atomic E-state index is 12.7. The van der Waals surface area contributed by atoms with Crippen molar-refractivity contribution in [3.05, 3.63) is 24.2 Å². The molecule has 0 N–H and O–H groups in total. The van der Waals surface area contributed by atoms with Gasteiger partial charge in [0.1, 0.15) is 11.4 Å². The largest absolute Gasteiger partial charge is 0.469 e. The molecule has 3 rings (SSSR count). The molecule has 0 radical (unpaired) electrons. The predicted octanol–water partition coefficient (Wildman–Crippen LogP) is 2.85. The second-order valence-electron chi connectivity index (χ2n) is 7.70. The van der Waals surface area contributed by atoms with Crippen LogP contribution in [0.5, 0.6) is 0 Å². The zero-order valence-electron chi connectivity index (χ0n) is 14.7. The summed E-state index contributed by atoms with van der Waals surface area (Å²) in [5, 5.41) is 0. The Hall–Kier alpha value is -1.98. The van der Waals surface area contributed by atoms with Gasteiger partial charge in [-0.2, -0.15) is 0 Å². The quantitative estimate of drug-likeness (QED) is 0.834. The Bertz CT molecular complexity index is 591. The topological polar surface area (TPSA) is 63.0 Å². The van der Waals surface area contributed by atoms with Gasteiger partial charge in [0, 0.05) is 32.1 Å². The minimum absolute atomic E-state index is 0.118. The molecule has 0 saturated carbocycles. The van der Waals surface area contributed by atoms with Crippen molar-refractivity contribution in [3.8, 4) is 0 Å². The summed E-state index contributed by atoms with van der Waals surface area (Å²) in [4.78, 5) is 28.4. The molecule has 6 nitrogen and oxygen atoms in total. The number of rotatable bonds is 2. The smallest absolute Gasteiger partial charge is 0.410 e. The van der Waals surface area contributed by atoms with E-state index in [4.69, 9.17) is 9.15 Å². The molecule has 2 fully saturated rings. The van der Waals surface area contributed by atoms with Crippen LogP contribution in [-0.4, -0.2) is 53.6 Å². The standard InChI is InChI=1S/C18H26N2O4/c1-18(2,3)24-17(22)20-9-7-14(12-20)16(21)19-8-6-13(11-19)15-5-4-10-23-15/h4-5,10,13-14H,6-9,11-12H2,1-3H3/t13-,14+/m0/s1. The van der Waals surface area contributed by atoms with Crippen LogP contribution in [-0.2, 0) is 9.53 Å². The normalized spacial score (nSPS) is 24.5. The molecule has 2 atom stereocenters. The SMILES string of the molecule is CC(C)(C)OC(=O)N1CC[C@@H](C(=O)N2CC[C@H](c3ccco3)C2)C1. The fourth-order valence-electron chi connectivity index (χ4n) is 3.43. The number of carbonyl (C=O) groups excluding carboxylic acids is 2. The lowest BCUT2D eigenvalue weighted by atomic mass is 10.1. The molecule has 3 heterocycles. The van der Waals surface area contributed by atoms with Gasteiger partial charge in [-0.25, -0.2) is 4.79 Å². The molecule has 0 aromatic carbocycles. The number of carbonyl (C=O) groups is 2. The third-order valence-corrected chi connectivity index (χ3v) is 4.63. The van der Waals surface area contributed by atoms with Crippen LogP contribution in [0.2, 0.25) is 0 Å². The number of likely N-dealkylation sites (tertiary alicyclic amines) is 2. The van der Waals surface area contributed by atoms with E-state index in [-0.39, 0.29) is 23.8 Å². The van der Waals surface area contributed by atoms with Crippen LogP contribution in [0.4, 0.5) is 4.79 Å². The lowest BCUT2D eigenvalue weighted by molar-refractivity contribution is -0.134. The van der Waals surface area contributed by atoms with Gasteiger partial charge in [-0.15, -0.1) is 0 Å². The highest BCUT2D eigenvalue weighted by atomic mass is 16.6. The van der Waals surface area contributed by atoms with Crippen LogP contribution in [0.3, 0.4) is 0 Å². The predicted molar refractivity (Wildman–Crippen MR) is 88.6 cm³/mol. The van der Waals surface area contributed by atoms with Crippen molar-refractivity contribution in [1.29, 1.82) is 0 Å². The van der Waals surface area contributed by atoms with Gasteiger partial charge in [-0.1, -0.05) is 0 Å². The minimum atomic E-state index is -0.510. The molecular weight excluding hydrogens is 308 g/mol. The van der Waals surface area contributed by atoms with Crippen molar-refractivity contribution in [2.45, 2.75) is 45.1 Å². The highest BCUT2D eigenvalue weighted by Gasteiger charge is 2.38. The Kier molecular flexibility index (Phi) is 4.56. The first-order chi connectivity index (χ1) is 11.3. The van der Waals surface area contributed by atoms with Crippen molar-refractivity contribution < 1.29 is 18.7 Å². The van der Waals surface area contributed by atoms with Gasteiger partial charge < -0.3 is 19.0 Å². The lowest BCUT2D eigenvalue weighted by Crippen LogP contribution is -2.38. The fourth-order valence-corrected chi connectivity index (χ4v) is 3.43. The van der Waals surface area contributed by atoms with Gasteiger partial charge in [0.2, 0.25) is 5.91 Å². The van der Waals surface area contributed by atoms with Crippen LogP contribution < -0.4 is 0 Å². The Balaban J connectivity index is 1.53. The van der Waals surface area contributed by atoms with Crippen molar-refractivity contribution in [3.63, 3.8) is 0 Å². The summed E-state index contributed by atoms with van der Waals surface area (Å²) < 4.78 is 10.8. The van der Waals surface area contributed by atoms with Gasteiger partial charge in [-0.05, 0) is 45.7 Å². The van der Waals surface area contributed by atoms with E-state index in [2.05, 4.69) is 0 Å². The summed E-state index contributed by atoms with van der Waals surface area (Å²) in [7, 11) is 0. The minimum Gasteiger partial charge on any atom is -0.469 e. The summed E-state index contributed by atoms with van der Waals surface area (Å²) in [6.07, 6.45) is 2.99. The third kappa shape index (κ3) is 3.74. The molecule has 0 aliphatic carbocycles. The van der Waals surface area contributed by atoms with Crippen molar-refractivity contribution in [2.24, 2.45) is 5.92 Å². The average molecular weight is 334 g/mol. The molecular formula is C18H26N2O4. The first kappa shape index (κ1) is 16.9. The molecule has 1 aromatic heterocycles. The third-order valence-electron chi connectivity index (χ3n) is 4.63. The van der Waals surface area contributed by atoms with Crippen molar-refractivity contribution in [1.82, 2.24) is 9.80 Å². The van der Waals surface area contributed by atoms with E-state index in [0.717, 1.165) is 18.7 Å². The van der Waals surface area contributed by atoms with Crippen LogP contribution in [0, 0.1) is 5.92 Å². The average Bonchev–Trinajstić information content (AvgIpc) is 3.24. The molecule has 132 valence electrons. The number of hydrogen-bond acceptors (Lipinski definition) is 4. The van der Waals surface area contributed by atoms with Crippen molar-refractivity contribution >= 4 is 12.0 Å². The van der Waals surface area contributed by atoms with Crippen LogP contribution >= 0.6 is 0 Å². The number of ether oxygens (including phenoxy) is 1. The van der Waals surface area contributed by atoms with Gasteiger partial charge in [0.05, 0.1) is 12.2 Å². The van der Waals surface area contributed by atoms with E-state index in [9.17, 15) is 9.59 Å². The summed E-state index contributed by atoms with van der Waals surface area (Å²) in [6.45, 7) is 8.05. The second kappa shape index (κ2) is 6.49. The molecule has 2 saturated heterocycles. The van der Waals surface area contributed by atoms with E-state index in [1.807, 2.05) is 37.8 Å². The first-order valence-corrected chi connectivity index (χ1v) is 8.63. The van der Waals surface area contributed by atoms with Gasteiger partial charge in [0.15, 0.2) is 0 Å². The van der Waals surface area contributed by atoms with Gasteiger partial charge >= 0.3 is 6.09 Å². The van der Waals surface area contributed by atoms with E-state index in [1.165, 1.54) is 0 Å². The zero-order chi connectivity index (χ0) is 17.3. The van der Waals surface area contributed by atoms with E-state index >= 15 is 0 Å². The molecule has 6 heteroatoms. The van der Waals surface area contributed by atoms with Crippen LogP contribution in [0.15, 0.2) is 22.8 Å². The number of amides is 2. The number of furan rings is 1. The zero-order valence-corrected chi connectivity index (χ0v) is 14.7. The summed E-state index contributed by atoms with van der Waals surface area (Å²) >= 11 is 0. The Morgan fingerprint density at radius 3 is 2.58 bits per heavy atom. The van der Waals surface area contributed by atoms with Crippen LogP contribution in [0.1, 0.15) is 45.3 Å². The second-order valence-corrected chi connectivity index (χ2v) is 7.70. The molecule has 1 aromatic rings. The highest BCUT2D eigenvalue weighted by molar-refractivity contribution is 5.81.